The van der Waals surface area contributed by atoms with Gasteiger partial charge in [-0.2, -0.15) is 8.42 Å². The van der Waals surface area contributed by atoms with Gasteiger partial charge in [0, 0.05) is 0 Å². The van der Waals surface area contributed by atoms with Gasteiger partial charge in [-0.25, -0.2) is 0 Å². The van der Waals surface area contributed by atoms with Gasteiger partial charge in [0.15, 0.2) is 5.75 Å². The average molecular weight is 279 g/mol. The van der Waals surface area contributed by atoms with Crippen LogP contribution in [0.25, 0.3) is 0 Å². The lowest BCUT2D eigenvalue weighted by Gasteiger charge is -2.10. The van der Waals surface area contributed by atoms with Gasteiger partial charge in [0.2, 0.25) is 0 Å². The number of nitrogen functional groups attached to an aromatic ring is 1. The lowest BCUT2D eigenvalue weighted by Crippen LogP contribution is -2.10. The van der Waals surface area contributed by atoms with Crippen LogP contribution in [0.4, 0.5) is 5.69 Å². The molecule has 19 heavy (non-hydrogen) atoms. The predicted molar refractivity (Wildman–Crippen MR) is 71.5 cm³/mol. The number of anilines is 1. The molecular formula is C13H13NO4S. The highest BCUT2D eigenvalue weighted by Gasteiger charge is 2.18. The molecule has 0 aliphatic heterocycles. The summed E-state index contributed by atoms with van der Waals surface area (Å²) in [5.74, 6) is -0.322. The molecule has 2 rings (SSSR count). The Morgan fingerprint density at radius 3 is 2.37 bits per heavy atom. The third-order valence-electron chi connectivity index (χ3n) is 2.55. The van der Waals surface area contributed by atoms with Crippen LogP contribution in [-0.4, -0.2) is 13.5 Å². The highest BCUT2D eigenvalue weighted by atomic mass is 32.2. The van der Waals surface area contributed by atoms with Crippen molar-refractivity contribution in [2.45, 2.75) is 11.8 Å². The molecule has 0 saturated carbocycles. The van der Waals surface area contributed by atoms with Gasteiger partial charge >= 0.3 is 10.1 Å². The number of para-hydroxylation sites is 1. The summed E-state index contributed by atoms with van der Waals surface area (Å²) in [6.07, 6.45) is 0. The summed E-state index contributed by atoms with van der Waals surface area (Å²) in [7, 11) is -3.96. The number of rotatable bonds is 3. The fourth-order valence-corrected chi connectivity index (χ4v) is 2.42. The van der Waals surface area contributed by atoms with E-state index >= 15 is 0 Å². The van der Waals surface area contributed by atoms with Crippen molar-refractivity contribution in [3.63, 3.8) is 0 Å². The van der Waals surface area contributed by atoms with E-state index in [4.69, 9.17) is 9.92 Å². The lowest BCUT2D eigenvalue weighted by atomic mass is 10.2. The fourth-order valence-electron chi connectivity index (χ4n) is 1.48. The van der Waals surface area contributed by atoms with Crippen molar-refractivity contribution >= 4 is 15.8 Å². The Hall–Kier alpha value is -2.21. The topological polar surface area (TPSA) is 89.6 Å². The Kier molecular flexibility index (Phi) is 3.35. The molecule has 0 unspecified atom stereocenters. The zero-order valence-electron chi connectivity index (χ0n) is 10.2. The summed E-state index contributed by atoms with van der Waals surface area (Å²) in [5.41, 5.74) is 6.38. The van der Waals surface area contributed by atoms with Gasteiger partial charge in [0.05, 0.1) is 0 Å². The minimum absolute atomic E-state index is 0.0286. The van der Waals surface area contributed by atoms with Crippen molar-refractivity contribution < 1.29 is 17.7 Å². The van der Waals surface area contributed by atoms with Gasteiger partial charge in [0.1, 0.15) is 16.3 Å². The second kappa shape index (κ2) is 4.81. The maximum atomic E-state index is 12.0. The first-order chi connectivity index (χ1) is 8.90. The van der Waals surface area contributed by atoms with Gasteiger partial charge < -0.3 is 15.0 Å². The Labute approximate surface area is 111 Å². The summed E-state index contributed by atoms with van der Waals surface area (Å²) in [5, 5.41) is 9.40. The molecule has 0 bridgehead atoms. The van der Waals surface area contributed by atoms with Gasteiger partial charge in [0.25, 0.3) is 0 Å². The first-order valence-corrected chi connectivity index (χ1v) is 6.89. The fraction of sp³-hybridized carbons (Fsp3) is 0.0769. The molecule has 100 valence electrons. The van der Waals surface area contributed by atoms with E-state index in [0.29, 0.717) is 0 Å². The van der Waals surface area contributed by atoms with Crippen molar-refractivity contribution in [2.24, 2.45) is 0 Å². The third kappa shape index (κ3) is 2.79. The van der Waals surface area contributed by atoms with Crippen LogP contribution in [-0.2, 0) is 10.1 Å². The molecule has 3 N–H and O–H groups in total. The molecule has 0 saturated heterocycles. The maximum absolute atomic E-state index is 12.0. The van der Waals surface area contributed by atoms with E-state index in [-0.39, 0.29) is 22.1 Å². The van der Waals surface area contributed by atoms with Crippen LogP contribution in [0.1, 0.15) is 5.56 Å². The van der Waals surface area contributed by atoms with E-state index in [9.17, 15) is 13.5 Å². The second-order valence-electron chi connectivity index (χ2n) is 4.04. The minimum atomic E-state index is -3.96. The number of aryl methyl sites for hydroxylation is 1. The largest absolute Gasteiger partial charge is 0.506 e. The number of phenolic OH excluding ortho intramolecular Hbond substituents is 1. The van der Waals surface area contributed by atoms with E-state index < -0.39 is 10.1 Å². The molecule has 5 nitrogen and oxygen atoms in total. The van der Waals surface area contributed by atoms with Gasteiger partial charge in [-0.05, 0) is 31.2 Å². The molecule has 0 aromatic heterocycles. The van der Waals surface area contributed by atoms with Gasteiger partial charge in [-0.3, -0.25) is 0 Å². The zero-order valence-corrected chi connectivity index (χ0v) is 11.0. The van der Waals surface area contributed by atoms with Crippen LogP contribution in [0, 0.1) is 6.92 Å². The number of hydrogen-bond donors (Lipinski definition) is 2. The molecular weight excluding hydrogens is 266 g/mol. The normalized spacial score (nSPS) is 11.2. The van der Waals surface area contributed by atoms with E-state index in [1.807, 2.05) is 6.92 Å². The molecule has 0 atom stereocenters. The number of nitrogens with two attached hydrogens (primary N) is 1. The van der Waals surface area contributed by atoms with Crippen LogP contribution in [0.5, 0.6) is 11.5 Å². The SMILES string of the molecule is Cc1ccc(S(=O)(=O)Oc2cccc(O)c2N)cc1. The standard InChI is InChI=1S/C13H13NO4S/c1-9-5-7-10(8-6-9)19(16,17)18-12-4-2-3-11(15)13(12)14/h2-8,15H,14H2,1H3. The molecule has 6 heteroatoms. The minimum Gasteiger partial charge on any atom is -0.506 e. The zero-order chi connectivity index (χ0) is 14.0. The molecule has 2 aromatic rings. The molecule has 0 amide bonds. The Morgan fingerprint density at radius 2 is 1.74 bits per heavy atom. The Bertz CT molecular complexity index is 693. The third-order valence-corrected chi connectivity index (χ3v) is 3.80. The summed E-state index contributed by atoms with van der Waals surface area (Å²) < 4.78 is 29.0. The summed E-state index contributed by atoms with van der Waals surface area (Å²) >= 11 is 0. The summed E-state index contributed by atoms with van der Waals surface area (Å²) in [4.78, 5) is 0.0286. The van der Waals surface area contributed by atoms with Crippen molar-refractivity contribution in [2.75, 3.05) is 5.73 Å². The van der Waals surface area contributed by atoms with E-state index in [1.165, 1.54) is 30.3 Å². The number of aromatic hydroxyl groups is 1. The van der Waals surface area contributed by atoms with Crippen LogP contribution in [0.15, 0.2) is 47.4 Å². The van der Waals surface area contributed by atoms with Crippen molar-refractivity contribution in [3.8, 4) is 11.5 Å². The van der Waals surface area contributed by atoms with Crippen molar-refractivity contribution in [1.82, 2.24) is 0 Å². The average Bonchev–Trinajstić information content (AvgIpc) is 2.35. The van der Waals surface area contributed by atoms with Crippen LogP contribution >= 0.6 is 0 Å². The maximum Gasteiger partial charge on any atom is 0.339 e. The summed E-state index contributed by atoms with van der Waals surface area (Å²) in [6, 6.07) is 10.4. The molecule has 0 aliphatic carbocycles. The molecule has 0 radical (unpaired) electrons. The number of phenols is 1. The Balaban J connectivity index is 2.36. The van der Waals surface area contributed by atoms with E-state index in [1.54, 1.807) is 12.1 Å². The van der Waals surface area contributed by atoms with Crippen molar-refractivity contribution in [3.05, 3.63) is 48.0 Å². The van der Waals surface area contributed by atoms with Gasteiger partial charge in [-0.15, -0.1) is 0 Å². The molecule has 0 spiro atoms. The first-order valence-electron chi connectivity index (χ1n) is 5.49. The smallest absolute Gasteiger partial charge is 0.339 e. The molecule has 0 fully saturated rings. The highest BCUT2D eigenvalue weighted by molar-refractivity contribution is 7.87. The predicted octanol–water partition coefficient (Wildman–Crippen LogP) is 2.05. The lowest BCUT2D eigenvalue weighted by molar-refractivity contribution is 0.467. The quantitative estimate of drug-likeness (QED) is 0.510. The van der Waals surface area contributed by atoms with Crippen LogP contribution < -0.4 is 9.92 Å². The molecule has 2 aromatic carbocycles. The highest BCUT2D eigenvalue weighted by Crippen LogP contribution is 2.32. The summed E-state index contributed by atoms with van der Waals surface area (Å²) in [6.45, 7) is 1.85. The van der Waals surface area contributed by atoms with E-state index in [0.717, 1.165) is 5.56 Å². The first kappa shape index (κ1) is 13.2. The second-order valence-corrected chi connectivity index (χ2v) is 5.59. The van der Waals surface area contributed by atoms with Gasteiger partial charge in [-0.1, -0.05) is 23.8 Å². The number of benzene rings is 2. The van der Waals surface area contributed by atoms with Crippen LogP contribution in [0.2, 0.25) is 0 Å². The van der Waals surface area contributed by atoms with Crippen molar-refractivity contribution in [1.29, 1.82) is 0 Å². The number of hydrogen-bond acceptors (Lipinski definition) is 5. The van der Waals surface area contributed by atoms with E-state index in [2.05, 4.69) is 0 Å². The van der Waals surface area contributed by atoms with Crippen LogP contribution in [0.3, 0.4) is 0 Å². The Morgan fingerprint density at radius 1 is 1.11 bits per heavy atom. The molecule has 0 heterocycles. The molecule has 0 aliphatic rings. The monoisotopic (exact) mass is 279 g/mol.